The number of fused-ring (bicyclic) bond motifs is 1. The Hall–Kier alpha value is -3.81. The maximum atomic E-state index is 13.4. The third-order valence-corrected chi connectivity index (χ3v) is 8.48. The molecular weight excluding hydrogens is 548 g/mol. The Labute approximate surface area is 264 Å². The smallest absolute Gasteiger partial charge is 0.257 e. The minimum Gasteiger partial charge on any atom is -0.324 e. The van der Waals surface area contributed by atoms with Crippen LogP contribution in [-0.4, -0.2) is 31.6 Å². The fourth-order valence-corrected chi connectivity index (χ4v) is 6.16. The summed E-state index contributed by atoms with van der Waals surface area (Å²) in [6.07, 6.45) is 14.2. The van der Waals surface area contributed by atoms with E-state index in [0.717, 1.165) is 62.7 Å². The number of carbonyl (C=O) groups excluding carboxylic acids is 2. The molecule has 1 unspecified atom stereocenters. The lowest BCUT2D eigenvalue weighted by Crippen LogP contribution is -2.34. The average Bonchev–Trinajstić information content (AvgIpc) is 3.61. The molecule has 2 N–H and O–H groups in total. The minimum absolute atomic E-state index is 0.0232. The van der Waals surface area contributed by atoms with Crippen molar-refractivity contribution in [2.75, 3.05) is 10.6 Å². The maximum absolute atomic E-state index is 13.4. The van der Waals surface area contributed by atoms with Crippen LogP contribution < -0.4 is 10.6 Å². The van der Waals surface area contributed by atoms with Gasteiger partial charge in [-0.1, -0.05) is 61.3 Å². The van der Waals surface area contributed by atoms with Crippen LogP contribution in [0.5, 0.6) is 0 Å². The molecule has 2 amide bonds. The van der Waals surface area contributed by atoms with Gasteiger partial charge >= 0.3 is 0 Å². The van der Waals surface area contributed by atoms with Crippen LogP contribution in [0, 0.1) is 25.2 Å². The van der Waals surface area contributed by atoms with Crippen molar-refractivity contribution in [3.8, 4) is 0 Å². The number of aryl methyl sites for hydroxylation is 3. The van der Waals surface area contributed by atoms with Crippen molar-refractivity contribution < 1.29 is 9.59 Å². The number of nitrogens with one attached hydrogen (secondary N) is 2. The molecule has 1 atom stereocenters. The number of hydrogen-bond acceptors (Lipinski definition) is 5. The summed E-state index contributed by atoms with van der Waals surface area (Å²) in [4.78, 5) is 35.6. The van der Waals surface area contributed by atoms with E-state index in [-0.39, 0.29) is 23.1 Å². The minimum atomic E-state index is -0.274. The molecular formula is C36H52N6O2. The van der Waals surface area contributed by atoms with Gasteiger partial charge in [-0.2, -0.15) is 5.10 Å². The second kappa shape index (κ2) is 15.8. The summed E-state index contributed by atoms with van der Waals surface area (Å²) in [7, 11) is 0. The van der Waals surface area contributed by atoms with E-state index < -0.39 is 0 Å². The number of allylic oxidation sites excluding steroid dienone is 1. The molecule has 3 aromatic heterocycles. The molecule has 44 heavy (non-hydrogen) atoms. The van der Waals surface area contributed by atoms with Gasteiger partial charge in [0.2, 0.25) is 5.91 Å². The predicted molar refractivity (Wildman–Crippen MR) is 182 cm³/mol. The summed E-state index contributed by atoms with van der Waals surface area (Å²) in [6, 6.07) is 3.67. The number of rotatable bonds is 12. The predicted octanol–water partition coefficient (Wildman–Crippen LogP) is 8.65. The van der Waals surface area contributed by atoms with Crippen molar-refractivity contribution in [1.29, 1.82) is 0 Å². The van der Waals surface area contributed by atoms with Crippen LogP contribution in [0.15, 0.2) is 30.7 Å². The lowest BCUT2D eigenvalue weighted by Gasteiger charge is -2.32. The van der Waals surface area contributed by atoms with E-state index >= 15 is 0 Å². The van der Waals surface area contributed by atoms with Gasteiger partial charge in [0.1, 0.15) is 0 Å². The second-order valence-electron chi connectivity index (χ2n) is 12.1. The molecule has 238 valence electrons. The van der Waals surface area contributed by atoms with E-state index in [1.54, 1.807) is 18.5 Å². The molecule has 0 fully saturated rings. The molecule has 3 aromatic rings. The Balaban J connectivity index is 0.00000259. The quantitative estimate of drug-likeness (QED) is 0.217. The fraction of sp³-hybridized carbons (Fsp3) is 0.528. The van der Waals surface area contributed by atoms with Gasteiger partial charge in [-0.05, 0) is 80.7 Å². The van der Waals surface area contributed by atoms with Crippen LogP contribution >= 0.6 is 0 Å². The molecule has 0 spiro atoms. The normalized spacial score (nSPS) is 13.5. The Bertz CT molecular complexity index is 1470. The standard InChI is InChI=1S/C34H46N6O2.C2H6/c1-8-12-24(28-21-37-40-15-11-13-31(28)40)16-25-17-26(19-35-22(25)4)32(41)39-30-18-27(20-36-23(30)5)38-33(42)29(10-3)34(6,7)14-9-2;1-2/h16-21,29H,8-15H2,1-7H3,(H,38,42)(H,39,41);1-2H3/b24-16+;. The number of carbonyl (C=O) groups is 2. The van der Waals surface area contributed by atoms with Gasteiger partial charge in [-0.3, -0.25) is 24.2 Å². The number of aromatic nitrogens is 4. The van der Waals surface area contributed by atoms with E-state index in [9.17, 15) is 9.59 Å². The van der Waals surface area contributed by atoms with Crippen molar-refractivity contribution in [3.63, 3.8) is 0 Å². The Kier molecular flexibility index (Phi) is 12.4. The first-order valence-electron chi connectivity index (χ1n) is 16.4. The maximum Gasteiger partial charge on any atom is 0.257 e. The van der Waals surface area contributed by atoms with Gasteiger partial charge in [-0.15, -0.1) is 0 Å². The van der Waals surface area contributed by atoms with Gasteiger partial charge in [0.25, 0.3) is 5.91 Å². The van der Waals surface area contributed by atoms with Gasteiger partial charge in [0.15, 0.2) is 0 Å². The van der Waals surface area contributed by atoms with Crippen LogP contribution in [0.2, 0.25) is 0 Å². The molecule has 0 radical (unpaired) electrons. The van der Waals surface area contributed by atoms with E-state index in [2.05, 4.69) is 64.2 Å². The number of nitrogens with zero attached hydrogens (tertiary/aromatic N) is 4. The number of amides is 2. The molecule has 0 saturated heterocycles. The lowest BCUT2D eigenvalue weighted by atomic mass is 9.73. The fourth-order valence-electron chi connectivity index (χ4n) is 6.16. The largest absolute Gasteiger partial charge is 0.324 e. The zero-order valence-corrected chi connectivity index (χ0v) is 28.3. The van der Waals surface area contributed by atoms with Gasteiger partial charge in [0, 0.05) is 35.6 Å². The molecule has 1 aliphatic heterocycles. The highest BCUT2D eigenvalue weighted by molar-refractivity contribution is 6.05. The topological polar surface area (TPSA) is 102 Å². The first kappa shape index (κ1) is 34.7. The Morgan fingerprint density at radius 3 is 2.41 bits per heavy atom. The average molecular weight is 601 g/mol. The molecule has 0 bridgehead atoms. The summed E-state index contributed by atoms with van der Waals surface area (Å²) in [5, 5.41) is 10.6. The number of hydrogen-bond donors (Lipinski definition) is 2. The molecule has 8 heteroatoms. The molecule has 0 aliphatic carbocycles. The molecule has 8 nitrogen and oxygen atoms in total. The number of pyridine rings is 2. The van der Waals surface area contributed by atoms with E-state index in [0.29, 0.717) is 22.6 Å². The highest BCUT2D eigenvalue weighted by atomic mass is 16.2. The zero-order chi connectivity index (χ0) is 32.4. The molecule has 4 rings (SSSR count). The van der Waals surface area contributed by atoms with Crippen LogP contribution in [0.4, 0.5) is 11.4 Å². The van der Waals surface area contributed by atoms with Crippen molar-refractivity contribution in [2.24, 2.45) is 11.3 Å². The number of anilines is 2. The monoisotopic (exact) mass is 600 g/mol. The van der Waals surface area contributed by atoms with Crippen LogP contribution in [-0.2, 0) is 17.8 Å². The van der Waals surface area contributed by atoms with Crippen molar-refractivity contribution in [3.05, 3.63) is 64.5 Å². The first-order chi connectivity index (χ1) is 21.1. The SMILES string of the molecule is CC.CCC/C(=C\c1cc(C(=O)Nc2cc(NC(=O)C(CC)C(C)(C)CCC)cnc2C)cnc1C)c1cnn2c1CCC2. The highest BCUT2D eigenvalue weighted by Gasteiger charge is 2.33. The summed E-state index contributed by atoms with van der Waals surface area (Å²) in [5.74, 6) is -0.419. The van der Waals surface area contributed by atoms with Gasteiger partial charge in [-0.25, -0.2) is 0 Å². The molecule has 0 saturated carbocycles. The van der Waals surface area contributed by atoms with Crippen LogP contribution in [0.3, 0.4) is 0 Å². The Morgan fingerprint density at radius 2 is 1.73 bits per heavy atom. The lowest BCUT2D eigenvalue weighted by molar-refractivity contribution is -0.123. The van der Waals surface area contributed by atoms with Crippen LogP contribution in [0.25, 0.3) is 11.6 Å². The first-order valence-corrected chi connectivity index (χ1v) is 16.4. The summed E-state index contributed by atoms with van der Waals surface area (Å²) in [6.45, 7) is 19.4. The van der Waals surface area contributed by atoms with Crippen LogP contribution in [0.1, 0.15) is 126 Å². The van der Waals surface area contributed by atoms with Gasteiger partial charge < -0.3 is 10.6 Å². The molecule has 4 heterocycles. The van der Waals surface area contributed by atoms with Crippen molar-refractivity contribution in [2.45, 2.75) is 114 Å². The summed E-state index contributed by atoms with van der Waals surface area (Å²) < 4.78 is 2.11. The second-order valence-corrected chi connectivity index (χ2v) is 12.1. The zero-order valence-electron chi connectivity index (χ0n) is 28.3. The van der Waals surface area contributed by atoms with Gasteiger partial charge in [0.05, 0.1) is 35.0 Å². The summed E-state index contributed by atoms with van der Waals surface area (Å²) in [5.41, 5.74) is 7.64. The molecule has 0 aromatic carbocycles. The third-order valence-electron chi connectivity index (χ3n) is 8.48. The van der Waals surface area contributed by atoms with Crippen molar-refractivity contribution in [1.82, 2.24) is 19.7 Å². The van der Waals surface area contributed by atoms with E-state index in [1.807, 2.05) is 46.9 Å². The third kappa shape index (κ3) is 8.21. The van der Waals surface area contributed by atoms with Crippen molar-refractivity contribution >= 4 is 34.8 Å². The Morgan fingerprint density at radius 1 is 1.00 bits per heavy atom. The summed E-state index contributed by atoms with van der Waals surface area (Å²) >= 11 is 0. The molecule has 1 aliphatic rings. The van der Waals surface area contributed by atoms with E-state index in [4.69, 9.17) is 0 Å². The highest BCUT2D eigenvalue weighted by Crippen LogP contribution is 2.35. The van der Waals surface area contributed by atoms with E-state index in [1.165, 1.54) is 16.8 Å².